The molecule has 2 rings (SSSR count). The van der Waals surface area contributed by atoms with Gasteiger partial charge in [-0.2, -0.15) is 0 Å². The molecule has 132 valence electrons. The van der Waals surface area contributed by atoms with Crippen LogP contribution in [0.5, 0.6) is 0 Å². The second-order valence-corrected chi connectivity index (χ2v) is 7.71. The van der Waals surface area contributed by atoms with Crippen molar-refractivity contribution in [2.24, 2.45) is 0 Å². The predicted octanol–water partition coefficient (Wildman–Crippen LogP) is 6.73. The van der Waals surface area contributed by atoms with Crippen LogP contribution in [-0.4, -0.2) is 9.73 Å². The van der Waals surface area contributed by atoms with E-state index in [4.69, 9.17) is 24.4 Å². The number of rotatable bonds is 8. The van der Waals surface area contributed by atoms with E-state index in [1.165, 1.54) is 33.4 Å². The smallest absolute Gasteiger partial charge is 0.0227 e. The molecule has 2 aromatic rings. The van der Waals surface area contributed by atoms with Gasteiger partial charge in [0, 0.05) is 9.73 Å². The Morgan fingerprint density at radius 3 is 1.48 bits per heavy atom. The summed E-state index contributed by atoms with van der Waals surface area (Å²) in [6, 6.07) is 13.2. The predicted molar refractivity (Wildman–Crippen MR) is 118 cm³/mol. The fourth-order valence-electron chi connectivity index (χ4n) is 3.25. The van der Waals surface area contributed by atoms with Gasteiger partial charge in [0.05, 0.1) is 0 Å². The molecule has 0 bridgehead atoms. The summed E-state index contributed by atoms with van der Waals surface area (Å²) in [5.41, 5.74) is 7.82. The Morgan fingerprint density at radius 1 is 0.720 bits per heavy atom. The second-order valence-electron chi connectivity index (χ2n) is 6.73. The molecule has 0 N–H and O–H groups in total. The van der Waals surface area contributed by atoms with Crippen LogP contribution < -0.4 is 0 Å². The van der Waals surface area contributed by atoms with Gasteiger partial charge in [-0.25, -0.2) is 0 Å². The molecule has 2 heteroatoms. The Labute approximate surface area is 163 Å². The molecule has 25 heavy (non-hydrogen) atoms. The lowest BCUT2D eigenvalue weighted by Gasteiger charge is -2.12. The minimum Gasteiger partial charge on any atom is -0.0843 e. The van der Waals surface area contributed by atoms with Crippen LogP contribution in [0.15, 0.2) is 36.4 Å². The van der Waals surface area contributed by atoms with Crippen LogP contribution >= 0.6 is 24.4 Å². The molecule has 0 amide bonds. The number of benzene rings is 2. The van der Waals surface area contributed by atoms with E-state index in [9.17, 15) is 0 Å². The standard InChI is InChI=1S/C23H28S2/c1-5-18-14-16(3)10-12-20(18)22(24)8-7-9-23(25)21-13-11-17(4)15-19(21)6-2/h10-15H,5-9H2,1-4H3. The summed E-state index contributed by atoms with van der Waals surface area (Å²) in [4.78, 5) is 2.14. The molecule has 0 aliphatic rings. The summed E-state index contributed by atoms with van der Waals surface area (Å²) >= 11 is 11.4. The van der Waals surface area contributed by atoms with Crippen LogP contribution in [-0.2, 0) is 12.8 Å². The van der Waals surface area contributed by atoms with Gasteiger partial charge in [-0.3, -0.25) is 0 Å². The molecular formula is C23H28S2. The minimum absolute atomic E-state index is 0.929. The highest BCUT2D eigenvalue weighted by molar-refractivity contribution is 7.81. The highest BCUT2D eigenvalue weighted by Gasteiger charge is 2.10. The van der Waals surface area contributed by atoms with Crippen molar-refractivity contribution in [2.75, 3.05) is 0 Å². The number of hydrogen-bond donors (Lipinski definition) is 0. The summed E-state index contributed by atoms with van der Waals surface area (Å²) in [5.74, 6) is 0. The Hall–Kier alpha value is -1.38. The van der Waals surface area contributed by atoms with Crippen LogP contribution in [0, 0.1) is 13.8 Å². The van der Waals surface area contributed by atoms with E-state index in [0.717, 1.165) is 41.8 Å². The molecule has 0 fully saturated rings. The van der Waals surface area contributed by atoms with E-state index in [-0.39, 0.29) is 0 Å². The first kappa shape index (κ1) is 19.9. The molecule has 0 spiro atoms. The summed E-state index contributed by atoms with van der Waals surface area (Å²) in [6.07, 6.45) is 4.93. The quantitative estimate of drug-likeness (QED) is 0.374. The van der Waals surface area contributed by atoms with Gasteiger partial charge >= 0.3 is 0 Å². The van der Waals surface area contributed by atoms with Gasteiger partial charge in [-0.15, -0.1) is 0 Å². The van der Waals surface area contributed by atoms with Gasteiger partial charge in [0.15, 0.2) is 0 Å². The number of hydrogen-bond acceptors (Lipinski definition) is 2. The van der Waals surface area contributed by atoms with Gasteiger partial charge in [-0.1, -0.05) is 85.8 Å². The third-order valence-electron chi connectivity index (χ3n) is 4.69. The lowest BCUT2D eigenvalue weighted by molar-refractivity contribution is 0.934. The molecule has 0 aromatic heterocycles. The van der Waals surface area contributed by atoms with E-state index < -0.39 is 0 Å². The lowest BCUT2D eigenvalue weighted by Crippen LogP contribution is -2.06. The van der Waals surface area contributed by atoms with Crippen molar-refractivity contribution < 1.29 is 0 Å². The van der Waals surface area contributed by atoms with Crippen molar-refractivity contribution in [1.29, 1.82) is 0 Å². The van der Waals surface area contributed by atoms with Crippen molar-refractivity contribution in [1.82, 2.24) is 0 Å². The van der Waals surface area contributed by atoms with Crippen LogP contribution in [0.2, 0.25) is 0 Å². The summed E-state index contributed by atoms with van der Waals surface area (Å²) in [6.45, 7) is 8.66. The Bertz CT molecular complexity index is 706. The van der Waals surface area contributed by atoms with Gasteiger partial charge in [0.25, 0.3) is 0 Å². The topological polar surface area (TPSA) is 0 Å². The third-order valence-corrected chi connectivity index (χ3v) is 5.54. The van der Waals surface area contributed by atoms with E-state index in [1.54, 1.807) is 0 Å². The molecule has 0 saturated heterocycles. The van der Waals surface area contributed by atoms with Gasteiger partial charge in [-0.05, 0) is 68.2 Å². The molecule has 2 aromatic carbocycles. The summed E-state index contributed by atoms with van der Waals surface area (Å²) < 4.78 is 0. The maximum atomic E-state index is 5.71. The second kappa shape index (κ2) is 9.35. The molecule has 0 unspecified atom stereocenters. The maximum absolute atomic E-state index is 5.71. The summed E-state index contributed by atoms with van der Waals surface area (Å²) in [7, 11) is 0. The van der Waals surface area contributed by atoms with Gasteiger partial charge in [0.1, 0.15) is 0 Å². The maximum Gasteiger partial charge on any atom is 0.0227 e. The highest BCUT2D eigenvalue weighted by Crippen LogP contribution is 2.20. The summed E-state index contributed by atoms with van der Waals surface area (Å²) in [5, 5.41) is 0. The average Bonchev–Trinajstić information content (AvgIpc) is 2.60. The van der Waals surface area contributed by atoms with E-state index in [1.807, 2.05) is 0 Å². The zero-order valence-electron chi connectivity index (χ0n) is 15.8. The molecule has 0 atom stereocenters. The third kappa shape index (κ3) is 5.29. The fourth-order valence-corrected chi connectivity index (χ4v) is 3.94. The van der Waals surface area contributed by atoms with Crippen molar-refractivity contribution in [3.8, 4) is 0 Å². The largest absolute Gasteiger partial charge is 0.0843 e. The lowest BCUT2D eigenvalue weighted by atomic mass is 9.95. The van der Waals surface area contributed by atoms with Crippen molar-refractivity contribution >= 4 is 34.2 Å². The molecule has 0 radical (unpaired) electrons. The monoisotopic (exact) mass is 368 g/mol. The van der Waals surface area contributed by atoms with E-state index in [2.05, 4.69) is 64.1 Å². The zero-order chi connectivity index (χ0) is 18.4. The number of aryl methyl sites for hydroxylation is 4. The van der Waals surface area contributed by atoms with Crippen LogP contribution in [0.3, 0.4) is 0 Å². The van der Waals surface area contributed by atoms with Crippen LogP contribution in [0.1, 0.15) is 66.5 Å². The van der Waals surface area contributed by atoms with Gasteiger partial charge in [0.2, 0.25) is 0 Å². The number of thiocarbonyl (C=S) groups is 2. The Kier molecular flexibility index (Phi) is 7.46. The first-order valence-electron chi connectivity index (χ1n) is 9.21. The van der Waals surface area contributed by atoms with Crippen molar-refractivity contribution in [3.63, 3.8) is 0 Å². The fraction of sp³-hybridized carbons (Fsp3) is 0.391. The van der Waals surface area contributed by atoms with E-state index in [0.29, 0.717) is 0 Å². The zero-order valence-corrected chi connectivity index (χ0v) is 17.4. The highest BCUT2D eigenvalue weighted by atomic mass is 32.1. The average molecular weight is 369 g/mol. The minimum atomic E-state index is 0.929. The van der Waals surface area contributed by atoms with Crippen LogP contribution in [0.4, 0.5) is 0 Å². The van der Waals surface area contributed by atoms with Gasteiger partial charge < -0.3 is 0 Å². The van der Waals surface area contributed by atoms with E-state index >= 15 is 0 Å². The molecule has 0 nitrogen and oxygen atoms in total. The van der Waals surface area contributed by atoms with Crippen molar-refractivity contribution in [2.45, 2.75) is 59.8 Å². The normalized spacial score (nSPS) is 10.7. The molecule has 0 aliphatic carbocycles. The first-order chi connectivity index (χ1) is 12.0. The molecule has 0 saturated carbocycles. The Morgan fingerprint density at radius 2 is 1.12 bits per heavy atom. The molecule has 0 heterocycles. The van der Waals surface area contributed by atoms with Crippen LogP contribution in [0.25, 0.3) is 0 Å². The molecular weight excluding hydrogens is 340 g/mol. The molecule has 0 aliphatic heterocycles. The SMILES string of the molecule is CCc1cc(C)ccc1C(=S)CCCC(=S)c1ccc(C)cc1CC. The van der Waals surface area contributed by atoms with Crippen molar-refractivity contribution in [3.05, 3.63) is 69.8 Å². The first-order valence-corrected chi connectivity index (χ1v) is 10.0. The Balaban J connectivity index is 1.99.